The normalized spacial score (nSPS) is 19.6. The zero-order chi connectivity index (χ0) is 36.9. The van der Waals surface area contributed by atoms with E-state index in [2.05, 4.69) is 74.1 Å². The van der Waals surface area contributed by atoms with Crippen molar-refractivity contribution < 1.29 is 33.2 Å². The van der Waals surface area contributed by atoms with Crippen LogP contribution in [0.2, 0.25) is 0 Å². The van der Waals surface area contributed by atoms with Crippen molar-refractivity contribution in [2.75, 3.05) is 65.9 Å². The predicted octanol–water partition coefficient (Wildman–Crippen LogP) is 9.54. The molecule has 0 radical (unpaired) electrons. The molecule has 2 aliphatic rings. The molecule has 1 saturated carbocycles. The van der Waals surface area contributed by atoms with E-state index in [9.17, 15) is 0 Å². The van der Waals surface area contributed by atoms with Crippen molar-refractivity contribution in [2.24, 2.45) is 0 Å². The fourth-order valence-electron chi connectivity index (χ4n) is 6.92. The van der Waals surface area contributed by atoms with Crippen molar-refractivity contribution in [3.8, 4) is 0 Å². The lowest BCUT2D eigenvalue weighted by Crippen LogP contribution is -2.55. The molecule has 0 bridgehead atoms. The fourth-order valence-corrected chi connectivity index (χ4v) is 6.92. The summed E-state index contributed by atoms with van der Waals surface area (Å²) in [6, 6.07) is 0. The largest absolute Gasteiger partial charge is 0.381 e. The van der Waals surface area contributed by atoms with E-state index in [4.69, 9.17) is 33.2 Å². The zero-order valence-electron chi connectivity index (χ0n) is 34.7. The lowest BCUT2D eigenvalue weighted by molar-refractivity contribution is -0.192. The van der Waals surface area contributed by atoms with Crippen LogP contribution in [0.5, 0.6) is 0 Å². The molecule has 0 aromatic rings. The Hall–Kier alpha value is -0.320. The maximum atomic E-state index is 6.57. The van der Waals surface area contributed by atoms with Gasteiger partial charge in [0, 0.05) is 65.8 Å². The third-order valence-corrected chi connectivity index (χ3v) is 9.28. The van der Waals surface area contributed by atoms with Crippen LogP contribution in [-0.4, -0.2) is 111 Å². The van der Waals surface area contributed by atoms with Crippen molar-refractivity contribution >= 4 is 0 Å². The summed E-state index contributed by atoms with van der Waals surface area (Å²) in [6.45, 7) is 30.8. The molecule has 0 atom stereocenters. The van der Waals surface area contributed by atoms with Crippen LogP contribution in [0.3, 0.4) is 0 Å². The summed E-state index contributed by atoms with van der Waals surface area (Å²) in [7, 11) is 0. The lowest BCUT2D eigenvalue weighted by Gasteiger charge is -2.46. The van der Waals surface area contributed by atoms with Crippen molar-refractivity contribution in [3.63, 3.8) is 0 Å². The molecular formula is C42H83NO7. The van der Waals surface area contributed by atoms with E-state index in [1.54, 1.807) is 0 Å². The molecule has 0 unspecified atom stereocenters. The smallest absolute Gasteiger partial charge is 0.0835 e. The Bertz CT molecular complexity index is 825. The average Bonchev–Trinajstić information content (AvgIpc) is 2.95. The summed E-state index contributed by atoms with van der Waals surface area (Å²) in [5, 5.41) is 0. The lowest BCUT2D eigenvalue weighted by atomic mass is 9.88. The molecule has 8 heteroatoms. The maximum Gasteiger partial charge on any atom is 0.0835 e. The Morgan fingerprint density at radius 2 is 0.840 bits per heavy atom. The summed E-state index contributed by atoms with van der Waals surface area (Å²) in [5.41, 5.74) is -0.481. The average molecular weight is 714 g/mol. The van der Waals surface area contributed by atoms with E-state index in [1.807, 2.05) is 0 Å². The Morgan fingerprint density at radius 3 is 1.30 bits per heavy atom. The minimum Gasteiger partial charge on any atom is -0.381 e. The summed E-state index contributed by atoms with van der Waals surface area (Å²) in [5.74, 6) is 0. The highest BCUT2D eigenvalue weighted by molar-refractivity contribution is 4.90. The molecule has 0 amide bonds. The molecule has 8 nitrogen and oxygen atoms in total. The van der Waals surface area contributed by atoms with Gasteiger partial charge in [-0.05, 0) is 166 Å². The molecule has 1 aliphatic carbocycles. The number of unbranched alkanes of at least 4 members (excludes halogenated alkanes) is 8. The van der Waals surface area contributed by atoms with Gasteiger partial charge in [0.25, 0.3) is 0 Å². The van der Waals surface area contributed by atoms with Crippen LogP contribution in [0.15, 0.2) is 0 Å². The van der Waals surface area contributed by atoms with Gasteiger partial charge in [-0.25, -0.2) is 0 Å². The molecule has 1 aliphatic heterocycles. The van der Waals surface area contributed by atoms with E-state index < -0.39 is 0 Å². The van der Waals surface area contributed by atoms with E-state index in [1.165, 1.54) is 25.7 Å². The van der Waals surface area contributed by atoms with E-state index in [0.717, 1.165) is 137 Å². The van der Waals surface area contributed by atoms with Crippen LogP contribution < -0.4 is 0 Å². The van der Waals surface area contributed by atoms with Crippen molar-refractivity contribution in [3.05, 3.63) is 0 Å². The van der Waals surface area contributed by atoms with Crippen LogP contribution in [0, 0.1) is 0 Å². The standard InChI is InChI=1S/C42H83NO7/c1-39(2,3)47-29-21-13-18-26-44-24-16-11-15-23-43-33-38(34-43)50-42(9,10)35-41(7,8)49-37-31-36(32-37)46-28-20-12-17-25-45-27-19-14-22-30-48-40(4,5)6/h36-38H,11-35H2,1-10H3. The first-order chi connectivity index (χ1) is 23.5. The second-order valence-corrected chi connectivity index (χ2v) is 18.3. The monoisotopic (exact) mass is 714 g/mol. The Kier molecular flexibility index (Phi) is 22.1. The number of hydrogen-bond donors (Lipinski definition) is 0. The maximum absolute atomic E-state index is 6.57. The second kappa shape index (κ2) is 24.2. The van der Waals surface area contributed by atoms with Gasteiger partial charge in [-0.3, -0.25) is 4.90 Å². The van der Waals surface area contributed by atoms with Crippen molar-refractivity contribution in [1.29, 1.82) is 0 Å². The minimum atomic E-state index is -0.217. The highest BCUT2D eigenvalue weighted by Gasteiger charge is 2.40. The third kappa shape index (κ3) is 24.8. The zero-order valence-corrected chi connectivity index (χ0v) is 34.7. The van der Waals surface area contributed by atoms with Gasteiger partial charge < -0.3 is 33.2 Å². The molecule has 0 aromatic carbocycles. The topological polar surface area (TPSA) is 67.9 Å². The van der Waals surface area contributed by atoms with Gasteiger partial charge in [0.2, 0.25) is 0 Å². The molecule has 0 spiro atoms. The van der Waals surface area contributed by atoms with Crippen molar-refractivity contribution in [2.45, 2.75) is 206 Å². The van der Waals surface area contributed by atoms with Gasteiger partial charge in [-0.15, -0.1) is 0 Å². The van der Waals surface area contributed by atoms with Crippen LogP contribution in [0.1, 0.15) is 166 Å². The van der Waals surface area contributed by atoms with Crippen LogP contribution >= 0.6 is 0 Å². The summed E-state index contributed by atoms with van der Waals surface area (Å²) < 4.78 is 42.4. The fraction of sp³-hybridized carbons (Fsp3) is 1.00. The number of likely N-dealkylation sites (tertiary alicyclic amines) is 1. The summed E-state index contributed by atoms with van der Waals surface area (Å²) in [4.78, 5) is 2.53. The Balaban J connectivity index is 1.37. The van der Waals surface area contributed by atoms with Gasteiger partial charge in [-0.2, -0.15) is 0 Å². The Labute approximate surface area is 309 Å². The molecular weight excluding hydrogens is 630 g/mol. The van der Waals surface area contributed by atoms with Gasteiger partial charge in [0.15, 0.2) is 0 Å². The number of rotatable bonds is 31. The highest BCUT2D eigenvalue weighted by Crippen LogP contribution is 2.35. The molecule has 298 valence electrons. The molecule has 1 heterocycles. The second-order valence-electron chi connectivity index (χ2n) is 18.3. The molecule has 0 N–H and O–H groups in total. The number of ether oxygens (including phenoxy) is 7. The minimum absolute atomic E-state index is 0.0270. The van der Waals surface area contributed by atoms with E-state index >= 15 is 0 Å². The molecule has 50 heavy (non-hydrogen) atoms. The molecule has 0 aromatic heterocycles. The Morgan fingerprint density at radius 1 is 0.440 bits per heavy atom. The van der Waals surface area contributed by atoms with Gasteiger partial charge in [0.1, 0.15) is 0 Å². The number of nitrogens with zero attached hydrogens (tertiary/aromatic N) is 1. The van der Waals surface area contributed by atoms with Gasteiger partial charge in [0.05, 0.1) is 40.7 Å². The van der Waals surface area contributed by atoms with Crippen LogP contribution in [0.25, 0.3) is 0 Å². The molecule has 2 fully saturated rings. The first kappa shape index (κ1) is 45.8. The SMILES string of the molecule is CC(C)(C)OCCCCCOCCCCCOC1CC(OC(C)(C)CC(C)(C)OC2CN(CCCCCOCCCCCOC(C)(C)C)C2)C1. The third-order valence-electron chi connectivity index (χ3n) is 9.28. The van der Waals surface area contributed by atoms with Crippen LogP contribution in [0.4, 0.5) is 0 Å². The highest BCUT2D eigenvalue weighted by atomic mass is 16.5. The van der Waals surface area contributed by atoms with E-state index in [0.29, 0.717) is 18.3 Å². The summed E-state index contributed by atoms with van der Waals surface area (Å²) in [6.07, 6.45) is 17.7. The van der Waals surface area contributed by atoms with Crippen LogP contribution in [-0.2, 0) is 33.2 Å². The van der Waals surface area contributed by atoms with Gasteiger partial charge in [-0.1, -0.05) is 0 Å². The molecule has 2 rings (SSSR count). The number of hydrogen-bond acceptors (Lipinski definition) is 8. The van der Waals surface area contributed by atoms with E-state index in [-0.39, 0.29) is 22.4 Å². The predicted molar refractivity (Wildman–Crippen MR) is 206 cm³/mol. The quantitative estimate of drug-likeness (QED) is 0.0659. The first-order valence-electron chi connectivity index (χ1n) is 20.6. The first-order valence-corrected chi connectivity index (χ1v) is 20.6. The van der Waals surface area contributed by atoms with Crippen molar-refractivity contribution in [1.82, 2.24) is 4.90 Å². The molecule has 1 saturated heterocycles. The summed E-state index contributed by atoms with van der Waals surface area (Å²) >= 11 is 0. The van der Waals surface area contributed by atoms with Gasteiger partial charge >= 0.3 is 0 Å².